The summed E-state index contributed by atoms with van der Waals surface area (Å²) >= 11 is 0. The van der Waals surface area contributed by atoms with Crippen LogP contribution in [0, 0.1) is 11.3 Å². The molecule has 66 valence electrons. The van der Waals surface area contributed by atoms with E-state index in [1.54, 1.807) is 25.4 Å². The van der Waals surface area contributed by atoms with E-state index in [1.165, 1.54) is 0 Å². The molecule has 0 atom stereocenters. The van der Waals surface area contributed by atoms with Crippen LogP contribution in [0.2, 0.25) is 0 Å². The van der Waals surface area contributed by atoms with E-state index in [0.29, 0.717) is 5.57 Å². The number of nitriles is 1. The number of hydrogen-bond acceptors (Lipinski definition) is 2. The zero-order chi connectivity index (χ0) is 10.1. The Labute approximate surface area is 78.9 Å². The van der Waals surface area contributed by atoms with Crippen molar-refractivity contribution in [1.29, 1.82) is 5.26 Å². The standard InChI is InChI=1S/C7H7N.C4H5N/c1-2-7-3-5-8-6-4-7;1-4(2)3-5/h2-6H,1H2;1H2,2H3. The van der Waals surface area contributed by atoms with Gasteiger partial charge in [0.05, 0.1) is 6.07 Å². The maximum atomic E-state index is 7.79. The van der Waals surface area contributed by atoms with Gasteiger partial charge in [-0.2, -0.15) is 5.26 Å². The number of rotatable bonds is 1. The predicted octanol–water partition coefficient (Wildman–Crippen LogP) is 2.81. The Hall–Kier alpha value is -1.88. The second-order valence-electron chi connectivity index (χ2n) is 2.38. The highest BCUT2D eigenvalue weighted by Crippen LogP contribution is 1.94. The van der Waals surface area contributed by atoms with E-state index in [0.717, 1.165) is 5.56 Å². The van der Waals surface area contributed by atoms with E-state index in [4.69, 9.17) is 5.26 Å². The SMILES string of the molecule is C=C(C)C#N.C=Cc1ccncc1. The van der Waals surface area contributed by atoms with Crippen LogP contribution in [0.5, 0.6) is 0 Å². The number of hydrogen-bond donors (Lipinski definition) is 0. The number of allylic oxidation sites excluding steroid dienone is 1. The monoisotopic (exact) mass is 172 g/mol. The lowest BCUT2D eigenvalue weighted by Gasteiger charge is -1.84. The smallest absolute Gasteiger partial charge is 0.0937 e. The minimum absolute atomic E-state index is 0.560. The van der Waals surface area contributed by atoms with Crippen LogP contribution in [0.25, 0.3) is 6.08 Å². The quantitative estimate of drug-likeness (QED) is 0.611. The van der Waals surface area contributed by atoms with Crippen molar-refractivity contribution in [3.8, 4) is 6.07 Å². The molecule has 0 aliphatic heterocycles. The van der Waals surface area contributed by atoms with Crippen molar-refractivity contribution in [2.24, 2.45) is 0 Å². The zero-order valence-electron chi connectivity index (χ0n) is 7.70. The van der Waals surface area contributed by atoms with Gasteiger partial charge in [0.1, 0.15) is 0 Å². The normalized spacial score (nSPS) is 7.38. The maximum absolute atomic E-state index is 7.79. The summed E-state index contributed by atoms with van der Waals surface area (Å²) in [6.07, 6.45) is 5.29. The van der Waals surface area contributed by atoms with Gasteiger partial charge in [-0.15, -0.1) is 0 Å². The molecular formula is C11H12N2. The van der Waals surface area contributed by atoms with Crippen LogP contribution < -0.4 is 0 Å². The molecule has 2 heteroatoms. The second kappa shape index (κ2) is 6.81. The molecule has 0 radical (unpaired) electrons. The van der Waals surface area contributed by atoms with Gasteiger partial charge in [0.2, 0.25) is 0 Å². The Morgan fingerprint density at radius 2 is 2.00 bits per heavy atom. The Balaban J connectivity index is 0.000000252. The molecule has 0 saturated heterocycles. The minimum Gasteiger partial charge on any atom is -0.265 e. The summed E-state index contributed by atoms with van der Waals surface area (Å²) in [6, 6.07) is 5.65. The molecule has 0 aliphatic rings. The van der Waals surface area contributed by atoms with Crippen LogP contribution in [-0.4, -0.2) is 4.98 Å². The molecule has 1 heterocycles. The van der Waals surface area contributed by atoms with Crippen molar-refractivity contribution >= 4 is 6.08 Å². The average Bonchev–Trinajstić information content (AvgIpc) is 2.20. The van der Waals surface area contributed by atoms with E-state index < -0.39 is 0 Å². The fourth-order valence-corrected chi connectivity index (χ4v) is 0.500. The van der Waals surface area contributed by atoms with E-state index in [2.05, 4.69) is 18.1 Å². The molecule has 0 aromatic carbocycles. The summed E-state index contributed by atoms with van der Waals surface area (Å²) in [5.74, 6) is 0. The highest BCUT2D eigenvalue weighted by atomic mass is 14.6. The third-order valence-electron chi connectivity index (χ3n) is 1.13. The zero-order valence-corrected chi connectivity index (χ0v) is 7.70. The van der Waals surface area contributed by atoms with Crippen molar-refractivity contribution in [2.45, 2.75) is 6.92 Å². The minimum atomic E-state index is 0.560. The first kappa shape index (κ1) is 11.1. The topological polar surface area (TPSA) is 36.7 Å². The average molecular weight is 172 g/mol. The molecule has 0 saturated carbocycles. The Bertz CT molecular complexity index is 307. The summed E-state index contributed by atoms with van der Waals surface area (Å²) < 4.78 is 0. The van der Waals surface area contributed by atoms with Crippen molar-refractivity contribution in [3.63, 3.8) is 0 Å². The summed E-state index contributed by atoms with van der Waals surface area (Å²) in [7, 11) is 0. The molecule has 0 aliphatic carbocycles. The summed E-state index contributed by atoms with van der Waals surface area (Å²) in [5.41, 5.74) is 1.67. The van der Waals surface area contributed by atoms with Crippen LogP contribution in [0.3, 0.4) is 0 Å². The molecule has 0 fully saturated rings. The Morgan fingerprint density at radius 1 is 1.54 bits per heavy atom. The summed E-state index contributed by atoms with van der Waals surface area (Å²) in [4.78, 5) is 3.85. The lowest BCUT2D eigenvalue weighted by Crippen LogP contribution is -1.69. The fourth-order valence-electron chi connectivity index (χ4n) is 0.500. The maximum Gasteiger partial charge on any atom is 0.0937 e. The molecule has 0 unspecified atom stereocenters. The lowest BCUT2D eigenvalue weighted by molar-refractivity contribution is 1.32. The summed E-state index contributed by atoms with van der Waals surface area (Å²) in [5, 5.41) is 7.79. The lowest BCUT2D eigenvalue weighted by atomic mass is 10.3. The van der Waals surface area contributed by atoms with Gasteiger partial charge >= 0.3 is 0 Å². The largest absolute Gasteiger partial charge is 0.265 e. The van der Waals surface area contributed by atoms with Crippen molar-refractivity contribution in [1.82, 2.24) is 4.98 Å². The Morgan fingerprint density at radius 3 is 2.23 bits per heavy atom. The molecule has 0 spiro atoms. The van der Waals surface area contributed by atoms with Gasteiger partial charge in [-0.3, -0.25) is 4.98 Å². The Kier molecular flexibility index (Phi) is 5.82. The van der Waals surface area contributed by atoms with Crippen molar-refractivity contribution in [3.05, 3.63) is 48.8 Å². The van der Waals surface area contributed by atoms with Crippen LogP contribution in [0.15, 0.2) is 43.3 Å². The molecule has 2 nitrogen and oxygen atoms in total. The van der Waals surface area contributed by atoms with Gasteiger partial charge in [0, 0.05) is 18.0 Å². The molecule has 1 rings (SSSR count). The first-order valence-corrected chi connectivity index (χ1v) is 3.78. The van der Waals surface area contributed by atoms with Gasteiger partial charge in [-0.1, -0.05) is 19.2 Å². The fraction of sp³-hybridized carbons (Fsp3) is 0.0909. The summed E-state index contributed by atoms with van der Waals surface area (Å²) in [6.45, 7) is 8.58. The van der Waals surface area contributed by atoms with E-state index in [-0.39, 0.29) is 0 Å². The van der Waals surface area contributed by atoms with Crippen molar-refractivity contribution in [2.75, 3.05) is 0 Å². The van der Waals surface area contributed by atoms with Crippen LogP contribution in [0.4, 0.5) is 0 Å². The predicted molar refractivity (Wildman–Crippen MR) is 54.8 cm³/mol. The molecule has 13 heavy (non-hydrogen) atoms. The van der Waals surface area contributed by atoms with Gasteiger partial charge < -0.3 is 0 Å². The molecular weight excluding hydrogens is 160 g/mol. The van der Waals surface area contributed by atoms with Crippen molar-refractivity contribution < 1.29 is 0 Å². The highest BCUT2D eigenvalue weighted by molar-refractivity contribution is 5.44. The van der Waals surface area contributed by atoms with Gasteiger partial charge in [-0.25, -0.2) is 0 Å². The molecule has 1 aromatic rings. The molecule has 1 aromatic heterocycles. The first-order chi connectivity index (χ1) is 6.20. The third kappa shape index (κ3) is 6.52. The number of aromatic nitrogens is 1. The molecule has 0 bridgehead atoms. The van der Waals surface area contributed by atoms with E-state index >= 15 is 0 Å². The highest BCUT2D eigenvalue weighted by Gasteiger charge is 1.76. The number of nitrogens with zero attached hydrogens (tertiary/aromatic N) is 2. The van der Waals surface area contributed by atoms with Crippen LogP contribution in [-0.2, 0) is 0 Å². The molecule has 0 amide bonds. The van der Waals surface area contributed by atoms with Crippen LogP contribution >= 0.6 is 0 Å². The van der Waals surface area contributed by atoms with E-state index in [9.17, 15) is 0 Å². The van der Waals surface area contributed by atoms with Crippen LogP contribution in [0.1, 0.15) is 12.5 Å². The van der Waals surface area contributed by atoms with Gasteiger partial charge in [0.15, 0.2) is 0 Å². The second-order valence-corrected chi connectivity index (χ2v) is 2.38. The molecule has 0 N–H and O–H groups in total. The first-order valence-electron chi connectivity index (χ1n) is 3.78. The third-order valence-corrected chi connectivity index (χ3v) is 1.13. The van der Waals surface area contributed by atoms with E-state index in [1.807, 2.05) is 18.2 Å². The van der Waals surface area contributed by atoms with Gasteiger partial charge in [0.25, 0.3) is 0 Å². The van der Waals surface area contributed by atoms with Gasteiger partial charge in [-0.05, 0) is 24.6 Å². The number of pyridine rings is 1.